The first kappa shape index (κ1) is 38.0. The Morgan fingerprint density at radius 2 is 1.23 bits per heavy atom. The molecule has 44 heavy (non-hydrogen) atoms. The smallest absolute Gasteiger partial charge is 0.407 e. The van der Waals surface area contributed by atoms with Gasteiger partial charge in [-0.1, -0.05) is 33.9 Å². The van der Waals surface area contributed by atoms with Crippen molar-refractivity contribution in [2.45, 2.75) is 111 Å². The van der Waals surface area contributed by atoms with E-state index in [1.807, 2.05) is 0 Å². The largest absolute Gasteiger partial charge is 0.449 e. The molecule has 2 amide bonds. The van der Waals surface area contributed by atoms with Crippen molar-refractivity contribution < 1.29 is 38.7 Å². The van der Waals surface area contributed by atoms with Crippen molar-refractivity contribution in [1.29, 1.82) is 0 Å². The normalized spacial score (nSPS) is 28.1. The SMILES string of the molecule is C=C(C)C(O)OCCCCNC(=O)OCC1(C)CCC2CCC(C)(COC(=O)NCCCCOC(O)C(=C)C)CC2C(C)C1. The van der Waals surface area contributed by atoms with Crippen LogP contribution in [0.15, 0.2) is 24.3 Å². The topological polar surface area (TPSA) is 136 Å². The predicted octanol–water partition coefficient (Wildman–Crippen LogP) is 6.07. The van der Waals surface area contributed by atoms with Gasteiger partial charge in [-0.3, -0.25) is 0 Å². The number of hydrogen-bond donors (Lipinski definition) is 4. The first-order chi connectivity index (χ1) is 20.7. The van der Waals surface area contributed by atoms with Crippen LogP contribution in [0.5, 0.6) is 0 Å². The molecule has 0 aliphatic heterocycles. The van der Waals surface area contributed by atoms with Gasteiger partial charge in [0.05, 0.1) is 26.4 Å². The fraction of sp³-hybridized carbons (Fsp3) is 0.824. The van der Waals surface area contributed by atoms with Crippen molar-refractivity contribution in [3.8, 4) is 0 Å². The summed E-state index contributed by atoms with van der Waals surface area (Å²) in [5.41, 5.74) is 1.02. The van der Waals surface area contributed by atoms with E-state index in [0.717, 1.165) is 64.2 Å². The molecular weight excluding hydrogens is 564 g/mol. The summed E-state index contributed by atoms with van der Waals surface area (Å²) < 4.78 is 21.9. The first-order valence-electron chi connectivity index (χ1n) is 16.4. The molecule has 0 heterocycles. The molecule has 2 saturated carbocycles. The number of aliphatic hydroxyl groups is 2. The number of aliphatic hydroxyl groups excluding tert-OH is 2. The van der Waals surface area contributed by atoms with Crippen molar-refractivity contribution in [3.05, 3.63) is 24.3 Å². The van der Waals surface area contributed by atoms with Gasteiger partial charge in [-0.05, 0) is 107 Å². The van der Waals surface area contributed by atoms with Crippen LogP contribution < -0.4 is 10.6 Å². The third-order valence-corrected chi connectivity index (χ3v) is 9.30. The van der Waals surface area contributed by atoms with E-state index in [4.69, 9.17) is 18.9 Å². The molecule has 7 atom stereocenters. The van der Waals surface area contributed by atoms with E-state index in [9.17, 15) is 19.8 Å². The minimum Gasteiger partial charge on any atom is -0.449 e. The number of hydrogen-bond acceptors (Lipinski definition) is 8. The van der Waals surface area contributed by atoms with Gasteiger partial charge in [-0.2, -0.15) is 0 Å². The summed E-state index contributed by atoms with van der Waals surface area (Å²) >= 11 is 0. The Labute approximate surface area is 265 Å². The molecule has 7 unspecified atom stereocenters. The summed E-state index contributed by atoms with van der Waals surface area (Å²) in [6.07, 6.45) is 6.58. The molecule has 0 saturated heterocycles. The Morgan fingerprint density at radius 1 is 0.795 bits per heavy atom. The Morgan fingerprint density at radius 3 is 1.66 bits per heavy atom. The van der Waals surface area contributed by atoms with Crippen molar-refractivity contribution >= 4 is 12.2 Å². The van der Waals surface area contributed by atoms with Crippen LogP contribution >= 0.6 is 0 Å². The van der Waals surface area contributed by atoms with E-state index in [2.05, 4.69) is 44.6 Å². The molecule has 0 bridgehead atoms. The number of rotatable bonds is 18. The molecular formula is C34H60N2O8. The third-order valence-electron chi connectivity index (χ3n) is 9.30. The Kier molecular flexibility index (Phi) is 16.2. The van der Waals surface area contributed by atoms with E-state index in [0.29, 0.717) is 68.4 Å². The molecule has 2 rings (SSSR count). The standard InChI is InChI=1S/C34H60N2O8/c1-24(2)29(37)41-18-10-8-16-35-31(39)43-22-33(6)14-12-27-13-15-34(7,21-28(27)26(5)20-33)23-44-32(40)36-17-9-11-19-42-30(38)25(3)4/h26-30,37-38H,1,3,8-23H2,2,4-7H3,(H,35,39)(H,36,40). The van der Waals surface area contributed by atoms with Crippen LogP contribution in [0, 0.1) is 28.6 Å². The number of carbonyl (C=O) groups excluding carboxylic acids is 2. The Hall–Kier alpha value is -2.14. The van der Waals surface area contributed by atoms with E-state index in [1.54, 1.807) is 13.8 Å². The predicted molar refractivity (Wildman–Crippen MR) is 171 cm³/mol. The molecule has 2 aliphatic rings. The fourth-order valence-corrected chi connectivity index (χ4v) is 6.53. The maximum Gasteiger partial charge on any atom is 0.407 e. The number of fused-ring (bicyclic) bond motifs is 1. The van der Waals surface area contributed by atoms with Crippen LogP contribution in [-0.4, -0.2) is 74.5 Å². The zero-order valence-electron chi connectivity index (χ0n) is 28.0. The molecule has 4 N–H and O–H groups in total. The van der Waals surface area contributed by atoms with E-state index in [-0.39, 0.29) is 23.0 Å². The van der Waals surface area contributed by atoms with Gasteiger partial charge < -0.3 is 39.8 Å². The maximum atomic E-state index is 12.4. The van der Waals surface area contributed by atoms with Crippen LogP contribution in [0.1, 0.15) is 98.8 Å². The van der Waals surface area contributed by atoms with Gasteiger partial charge in [-0.25, -0.2) is 9.59 Å². The van der Waals surface area contributed by atoms with Gasteiger partial charge in [0.25, 0.3) is 0 Å². The van der Waals surface area contributed by atoms with Gasteiger partial charge in [0, 0.05) is 23.9 Å². The van der Waals surface area contributed by atoms with Crippen molar-refractivity contribution in [3.63, 3.8) is 0 Å². The van der Waals surface area contributed by atoms with Crippen LogP contribution in [0.2, 0.25) is 0 Å². The highest BCUT2D eigenvalue weighted by atomic mass is 16.6. The van der Waals surface area contributed by atoms with E-state index < -0.39 is 12.6 Å². The molecule has 2 aliphatic carbocycles. The lowest BCUT2D eigenvalue weighted by atomic mass is 9.62. The minimum atomic E-state index is -0.940. The number of ether oxygens (including phenoxy) is 4. The lowest BCUT2D eigenvalue weighted by Gasteiger charge is -2.44. The van der Waals surface area contributed by atoms with E-state index in [1.165, 1.54) is 0 Å². The Bertz CT molecular complexity index is 929. The lowest BCUT2D eigenvalue weighted by Crippen LogP contribution is -2.39. The molecule has 10 heteroatoms. The quantitative estimate of drug-likeness (QED) is 0.0820. The van der Waals surface area contributed by atoms with Crippen LogP contribution in [0.4, 0.5) is 9.59 Å². The summed E-state index contributed by atoms with van der Waals surface area (Å²) in [7, 11) is 0. The number of nitrogens with one attached hydrogen (secondary N) is 2. The van der Waals surface area contributed by atoms with Crippen molar-refractivity contribution in [2.24, 2.45) is 28.6 Å². The Balaban J connectivity index is 1.68. The lowest BCUT2D eigenvalue weighted by molar-refractivity contribution is -0.0729. The van der Waals surface area contributed by atoms with Crippen LogP contribution in [0.3, 0.4) is 0 Å². The average Bonchev–Trinajstić information content (AvgIpc) is 3.09. The molecule has 0 radical (unpaired) electrons. The van der Waals surface area contributed by atoms with Gasteiger partial charge in [-0.15, -0.1) is 0 Å². The van der Waals surface area contributed by atoms with Gasteiger partial charge in [0.2, 0.25) is 0 Å². The highest BCUT2D eigenvalue weighted by molar-refractivity contribution is 5.67. The van der Waals surface area contributed by atoms with Gasteiger partial charge in [0.1, 0.15) is 0 Å². The zero-order valence-corrected chi connectivity index (χ0v) is 28.0. The monoisotopic (exact) mass is 624 g/mol. The molecule has 2 fully saturated rings. The third kappa shape index (κ3) is 13.9. The highest BCUT2D eigenvalue weighted by Crippen LogP contribution is 2.52. The second-order valence-corrected chi connectivity index (χ2v) is 14.1. The van der Waals surface area contributed by atoms with Crippen molar-refractivity contribution in [1.82, 2.24) is 10.6 Å². The molecule has 254 valence electrons. The van der Waals surface area contributed by atoms with Crippen LogP contribution in [0.25, 0.3) is 0 Å². The van der Waals surface area contributed by atoms with E-state index >= 15 is 0 Å². The number of amides is 2. The minimum absolute atomic E-state index is 0.0515. The zero-order chi connectivity index (χ0) is 32.8. The van der Waals surface area contributed by atoms with Crippen molar-refractivity contribution in [2.75, 3.05) is 39.5 Å². The molecule has 0 aromatic rings. The second-order valence-electron chi connectivity index (χ2n) is 14.1. The number of carbonyl (C=O) groups is 2. The second kappa shape index (κ2) is 18.7. The summed E-state index contributed by atoms with van der Waals surface area (Å²) in [4.78, 5) is 24.7. The maximum absolute atomic E-state index is 12.4. The summed E-state index contributed by atoms with van der Waals surface area (Å²) in [5.74, 6) is 1.67. The fourth-order valence-electron chi connectivity index (χ4n) is 6.53. The first-order valence-corrected chi connectivity index (χ1v) is 16.4. The molecule has 0 aromatic heterocycles. The number of unbranched alkanes of at least 4 members (excludes halogenated alkanes) is 2. The number of alkyl carbamates (subject to hydrolysis) is 2. The van der Waals surface area contributed by atoms with Gasteiger partial charge >= 0.3 is 12.2 Å². The summed E-state index contributed by atoms with van der Waals surface area (Å²) in [5, 5.41) is 24.8. The average molecular weight is 625 g/mol. The van der Waals surface area contributed by atoms with Gasteiger partial charge in [0.15, 0.2) is 12.6 Å². The summed E-state index contributed by atoms with van der Waals surface area (Å²) in [6.45, 7) is 20.1. The summed E-state index contributed by atoms with van der Waals surface area (Å²) in [6, 6.07) is 0. The molecule has 0 aromatic carbocycles. The highest BCUT2D eigenvalue weighted by Gasteiger charge is 2.45. The molecule has 0 spiro atoms. The van der Waals surface area contributed by atoms with Crippen LogP contribution in [-0.2, 0) is 18.9 Å². The molecule has 10 nitrogen and oxygen atoms in total.